The van der Waals surface area contributed by atoms with E-state index in [1.165, 1.54) is 11.3 Å². The van der Waals surface area contributed by atoms with Crippen LogP contribution in [-0.4, -0.2) is 46.2 Å². The maximum Gasteiger partial charge on any atom is 0.404 e. The Kier molecular flexibility index (Phi) is 4.98. The Morgan fingerprint density at radius 2 is 2.24 bits per heavy atom. The molecule has 1 atom stereocenters. The number of aromatic nitrogens is 2. The fraction of sp³-hybridized carbons (Fsp3) is 0.333. The third-order valence-corrected chi connectivity index (χ3v) is 4.81. The van der Waals surface area contributed by atoms with Gasteiger partial charge in [-0.05, 0) is 25.0 Å². The average molecular weight is 362 g/mol. The monoisotopic (exact) mass is 362 g/mol. The first-order chi connectivity index (χ1) is 12.0. The predicted octanol–water partition coefficient (Wildman–Crippen LogP) is 1.62. The third kappa shape index (κ3) is 4.15. The Balaban J connectivity index is 1.81. The topological polar surface area (TPSA) is 133 Å². The van der Waals surface area contributed by atoms with Gasteiger partial charge in [0.05, 0.1) is 0 Å². The van der Waals surface area contributed by atoms with Crippen molar-refractivity contribution < 1.29 is 14.7 Å². The number of primary amides is 1. The van der Waals surface area contributed by atoms with Gasteiger partial charge in [-0.3, -0.25) is 4.79 Å². The molecular weight excluding hydrogens is 344 g/mol. The molecule has 1 saturated heterocycles. The summed E-state index contributed by atoms with van der Waals surface area (Å²) in [7, 11) is 0. The van der Waals surface area contributed by atoms with Gasteiger partial charge < -0.3 is 26.4 Å². The third-order valence-electron chi connectivity index (χ3n) is 3.78. The molecule has 0 aliphatic carbocycles. The molecule has 3 heterocycles. The van der Waals surface area contributed by atoms with Gasteiger partial charge in [0.25, 0.3) is 5.91 Å². The zero-order valence-electron chi connectivity index (χ0n) is 13.3. The smallest absolute Gasteiger partial charge is 0.404 e. The van der Waals surface area contributed by atoms with Crippen LogP contribution >= 0.6 is 11.3 Å². The number of piperidine rings is 1. The molecule has 2 aromatic rings. The average Bonchev–Trinajstić information content (AvgIpc) is 2.99. The quantitative estimate of drug-likeness (QED) is 0.635. The minimum atomic E-state index is -1.04. The van der Waals surface area contributed by atoms with E-state index in [1.807, 2.05) is 11.0 Å². The number of thiazole rings is 1. The van der Waals surface area contributed by atoms with E-state index in [2.05, 4.69) is 20.6 Å². The molecule has 0 spiro atoms. The van der Waals surface area contributed by atoms with Crippen LogP contribution in [0.1, 0.15) is 23.3 Å². The summed E-state index contributed by atoms with van der Waals surface area (Å²) >= 11 is 1.30. The number of amides is 2. The summed E-state index contributed by atoms with van der Waals surface area (Å²) < 4.78 is 0. The van der Waals surface area contributed by atoms with Crippen molar-refractivity contribution >= 4 is 39.3 Å². The van der Waals surface area contributed by atoms with E-state index < -0.39 is 12.0 Å². The number of hydrogen-bond acceptors (Lipinski definition) is 7. The van der Waals surface area contributed by atoms with Gasteiger partial charge in [0.2, 0.25) is 0 Å². The second-order valence-corrected chi connectivity index (χ2v) is 6.59. The van der Waals surface area contributed by atoms with Crippen LogP contribution in [0.25, 0.3) is 0 Å². The molecule has 3 rings (SSSR count). The highest BCUT2D eigenvalue weighted by atomic mass is 32.1. The van der Waals surface area contributed by atoms with E-state index in [1.54, 1.807) is 18.3 Å². The van der Waals surface area contributed by atoms with E-state index in [0.29, 0.717) is 22.5 Å². The Labute approximate surface area is 147 Å². The molecule has 0 aromatic carbocycles. The number of nitrogens with two attached hydrogens (primary N) is 1. The molecule has 2 amide bonds. The highest BCUT2D eigenvalue weighted by Crippen LogP contribution is 2.34. The number of pyridine rings is 1. The van der Waals surface area contributed by atoms with Crippen molar-refractivity contribution in [1.82, 2.24) is 15.3 Å². The lowest BCUT2D eigenvalue weighted by atomic mass is 10.1. The van der Waals surface area contributed by atoms with Crippen molar-refractivity contribution in [3.05, 3.63) is 30.1 Å². The Bertz CT molecular complexity index is 766. The van der Waals surface area contributed by atoms with Crippen molar-refractivity contribution in [1.29, 1.82) is 0 Å². The Hall–Kier alpha value is -2.88. The van der Waals surface area contributed by atoms with Gasteiger partial charge >= 0.3 is 6.09 Å². The minimum absolute atomic E-state index is 0.152. The Morgan fingerprint density at radius 1 is 1.40 bits per heavy atom. The van der Waals surface area contributed by atoms with Crippen LogP contribution < -0.4 is 21.3 Å². The SMILES string of the molecule is NC(=O)c1nc(N2CCCC(NC(=O)O)C2)sc1Nc1ccccn1. The van der Waals surface area contributed by atoms with E-state index >= 15 is 0 Å². The Morgan fingerprint density at radius 3 is 2.92 bits per heavy atom. The molecule has 10 heteroatoms. The summed E-state index contributed by atoms with van der Waals surface area (Å²) in [4.78, 5) is 33.0. The second-order valence-electron chi connectivity index (χ2n) is 5.61. The van der Waals surface area contributed by atoms with E-state index in [-0.39, 0.29) is 11.7 Å². The predicted molar refractivity (Wildman–Crippen MR) is 94.5 cm³/mol. The molecule has 0 bridgehead atoms. The molecule has 1 aliphatic heterocycles. The molecule has 2 aromatic heterocycles. The number of anilines is 3. The van der Waals surface area contributed by atoms with E-state index in [9.17, 15) is 9.59 Å². The van der Waals surface area contributed by atoms with Crippen molar-refractivity contribution in [2.75, 3.05) is 23.3 Å². The van der Waals surface area contributed by atoms with Crippen molar-refractivity contribution in [2.45, 2.75) is 18.9 Å². The van der Waals surface area contributed by atoms with Gasteiger partial charge in [-0.2, -0.15) is 0 Å². The first-order valence-electron chi connectivity index (χ1n) is 7.76. The fourth-order valence-electron chi connectivity index (χ4n) is 2.69. The van der Waals surface area contributed by atoms with Gasteiger partial charge in [-0.1, -0.05) is 17.4 Å². The van der Waals surface area contributed by atoms with Crippen LogP contribution in [-0.2, 0) is 0 Å². The molecule has 1 fully saturated rings. The maximum absolute atomic E-state index is 11.7. The highest BCUT2D eigenvalue weighted by Gasteiger charge is 2.26. The van der Waals surface area contributed by atoms with E-state index in [4.69, 9.17) is 10.8 Å². The van der Waals surface area contributed by atoms with Crippen LogP contribution in [0.4, 0.5) is 20.7 Å². The lowest BCUT2D eigenvalue weighted by molar-refractivity contribution is 0.0997. The highest BCUT2D eigenvalue weighted by molar-refractivity contribution is 7.20. The number of rotatable bonds is 5. The number of carboxylic acid groups (broad SMARTS) is 1. The summed E-state index contributed by atoms with van der Waals surface area (Å²) in [5.74, 6) is -0.0394. The molecule has 25 heavy (non-hydrogen) atoms. The van der Waals surface area contributed by atoms with Gasteiger partial charge in [-0.15, -0.1) is 0 Å². The van der Waals surface area contributed by atoms with E-state index in [0.717, 1.165) is 19.4 Å². The molecule has 5 N–H and O–H groups in total. The van der Waals surface area contributed by atoms with Crippen LogP contribution in [0.15, 0.2) is 24.4 Å². The van der Waals surface area contributed by atoms with Crippen LogP contribution in [0.5, 0.6) is 0 Å². The van der Waals surface area contributed by atoms with Crippen LogP contribution in [0, 0.1) is 0 Å². The summed E-state index contributed by atoms with van der Waals surface area (Å²) in [6.07, 6.45) is 2.21. The van der Waals surface area contributed by atoms with Gasteiger partial charge in [0.1, 0.15) is 10.8 Å². The van der Waals surface area contributed by atoms with Crippen molar-refractivity contribution in [2.24, 2.45) is 5.73 Å². The summed E-state index contributed by atoms with van der Waals surface area (Å²) in [5, 5.41) is 15.6. The summed E-state index contributed by atoms with van der Waals surface area (Å²) in [6.45, 7) is 1.24. The number of nitrogens with zero attached hydrogens (tertiary/aromatic N) is 3. The van der Waals surface area contributed by atoms with Gasteiger partial charge in [0, 0.05) is 25.3 Å². The minimum Gasteiger partial charge on any atom is -0.465 e. The number of carbonyl (C=O) groups excluding carboxylic acids is 1. The van der Waals surface area contributed by atoms with Gasteiger partial charge in [0.15, 0.2) is 10.8 Å². The zero-order chi connectivity index (χ0) is 17.8. The van der Waals surface area contributed by atoms with Crippen molar-refractivity contribution in [3.63, 3.8) is 0 Å². The number of carbonyl (C=O) groups is 2. The molecule has 0 saturated carbocycles. The lowest BCUT2D eigenvalue weighted by Gasteiger charge is -2.32. The molecule has 1 unspecified atom stereocenters. The lowest BCUT2D eigenvalue weighted by Crippen LogP contribution is -2.47. The number of nitrogens with one attached hydrogen (secondary N) is 2. The summed E-state index contributed by atoms with van der Waals surface area (Å²) in [5.41, 5.74) is 5.59. The first-order valence-corrected chi connectivity index (χ1v) is 8.57. The largest absolute Gasteiger partial charge is 0.465 e. The molecule has 0 radical (unpaired) electrons. The first kappa shape index (κ1) is 17.0. The summed E-state index contributed by atoms with van der Waals surface area (Å²) in [6, 6.07) is 5.23. The molecule has 132 valence electrons. The van der Waals surface area contributed by atoms with Crippen LogP contribution in [0.2, 0.25) is 0 Å². The fourth-order valence-corrected chi connectivity index (χ4v) is 3.71. The standard InChI is InChI=1S/C15H18N6O3S/c16-12(22)11-13(19-10-5-1-2-6-17-10)25-14(20-11)21-7-3-4-9(8-21)18-15(23)24/h1-2,5-6,9,18H,3-4,7-8H2,(H2,16,22)(H,17,19)(H,23,24). The molecule has 1 aliphatic rings. The molecular formula is C15H18N6O3S. The molecule has 9 nitrogen and oxygen atoms in total. The van der Waals surface area contributed by atoms with Gasteiger partial charge in [-0.25, -0.2) is 14.8 Å². The second kappa shape index (κ2) is 7.34. The van der Waals surface area contributed by atoms with Crippen LogP contribution in [0.3, 0.4) is 0 Å². The normalized spacial score (nSPS) is 17.1. The number of hydrogen-bond donors (Lipinski definition) is 4. The zero-order valence-corrected chi connectivity index (χ0v) is 14.1. The van der Waals surface area contributed by atoms with Crippen molar-refractivity contribution in [3.8, 4) is 0 Å². The maximum atomic E-state index is 11.7.